The average Bonchev–Trinajstić information content (AvgIpc) is 2.28. The predicted molar refractivity (Wildman–Crippen MR) is 81.2 cm³/mol. The van der Waals surface area contributed by atoms with Gasteiger partial charge in [0.1, 0.15) is 5.75 Å². The third-order valence-electron chi connectivity index (χ3n) is 3.02. The molecule has 0 saturated carbocycles. The molecule has 0 radical (unpaired) electrons. The molecule has 3 heteroatoms. The number of rotatable bonds is 7. The number of benzene rings is 1. The number of halogens is 1. The molecule has 0 heterocycles. The molecule has 0 aliphatic heterocycles. The molecular formula is C15H24BrNO. The Morgan fingerprint density at radius 3 is 2.72 bits per heavy atom. The van der Waals surface area contributed by atoms with Crippen molar-refractivity contribution in [1.82, 2.24) is 0 Å². The van der Waals surface area contributed by atoms with Crippen LogP contribution in [0.1, 0.15) is 37.8 Å². The van der Waals surface area contributed by atoms with Crippen molar-refractivity contribution in [3.63, 3.8) is 0 Å². The van der Waals surface area contributed by atoms with Crippen LogP contribution in [0, 0.1) is 12.8 Å². The van der Waals surface area contributed by atoms with E-state index in [2.05, 4.69) is 48.8 Å². The SMILES string of the molecule is CCCC(C)COc1c(C)cc(Br)cc1CCN. The number of hydrogen-bond donors (Lipinski definition) is 1. The molecule has 0 aromatic heterocycles. The molecule has 1 atom stereocenters. The van der Waals surface area contributed by atoms with Crippen LogP contribution in [0.5, 0.6) is 5.75 Å². The lowest BCUT2D eigenvalue weighted by Crippen LogP contribution is -2.12. The van der Waals surface area contributed by atoms with Crippen LogP contribution >= 0.6 is 15.9 Å². The summed E-state index contributed by atoms with van der Waals surface area (Å²) in [6, 6.07) is 4.21. The summed E-state index contributed by atoms with van der Waals surface area (Å²) in [5, 5.41) is 0. The Kier molecular flexibility index (Phi) is 6.72. The third-order valence-corrected chi connectivity index (χ3v) is 3.48. The van der Waals surface area contributed by atoms with Crippen LogP contribution in [-0.2, 0) is 6.42 Å². The highest BCUT2D eigenvalue weighted by Gasteiger charge is 2.10. The average molecular weight is 314 g/mol. The zero-order valence-electron chi connectivity index (χ0n) is 11.6. The summed E-state index contributed by atoms with van der Waals surface area (Å²) in [6.45, 7) is 7.97. The molecule has 1 aromatic carbocycles. The smallest absolute Gasteiger partial charge is 0.125 e. The van der Waals surface area contributed by atoms with Crippen LogP contribution < -0.4 is 10.5 Å². The van der Waals surface area contributed by atoms with Crippen molar-refractivity contribution in [2.24, 2.45) is 11.7 Å². The Balaban J connectivity index is 2.79. The van der Waals surface area contributed by atoms with Gasteiger partial charge in [-0.2, -0.15) is 0 Å². The van der Waals surface area contributed by atoms with E-state index in [0.717, 1.165) is 23.2 Å². The zero-order chi connectivity index (χ0) is 13.5. The molecule has 0 bridgehead atoms. The van der Waals surface area contributed by atoms with Crippen LogP contribution in [0.4, 0.5) is 0 Å². The second kappa shape index (κ2) is 7.80. The molecular weight excluding hydrogens is 290 g/mol. The predicted octanol–water partition coefficient (Wildman–Crippen LogP) is 4.07. The van der Waals surface area contributed by atoms with Gasteiger partial charge in [0.15, 0.2) is 0 Å². The molecule has 18 heavy (non-hydrogen) atoms. The van der Waals surface area contributed by atoms with Gasteiger partial charge in [-0.05, 0) is 55.5 Å². The molecule has 0 aliphatic rings. The van der Waals surface area contributed by atoms with Crippen LogP contribution in [0.25, 0.3) is 0 Å². The number of hydrogen-bond acceptors (Lipinski definition) is 2. The van der Waals surface area contributed by atoms with Gasteiger partial charge in [-0.1, -0.05) is 36.2 Å². The first-order chi connectivity index (χ1) is 8.58. The minimum Gasteiger partial charge on any atom is -0.493 e. The summed E-state index contributed by atoms with van der Waals surface area (Å²) in [5.74, 6) is 1.62. The van der Waals surface area contributed by atoms with E-state index in [1.54, 1.807) is 0 Å². The van der Waals surface area contributed by atoms with E-state index in [-0.39, 0.29) is 0 Å². The maximum atomic E-state index is 6.01. The van der Waals surface area contributed by atoms with Crippen molar-refractivity contribution in [1.29, 1.82) is 0 Å². The Morgan fingerprint density at radius 1 is 1.39 bits per heavy atom. The van der Waals surface area contributed by atoms with E-state index in [4.69, 9.17) is 10.5 Å². The Morgan fingerprint density at radius 2 is 2.11 bits per heavy atom. The normalized spacial score (nSPS) is 12.5. The summed E-state index contributed by atoms with van der Waals surface area (Å²) in [4.78, 5) is 0. The summed E-state index contributed by atoms with van der Waals surface area (Å²) in [6.07, 6.45) is 3.28. The van der Waals surface area contributed by atoms with Crippen molar-refractivity contribution >= 4 is 15.9 Å². The molecule has 1 aromatic rings. The molecule has 0 amide bonds. The van der Waals surface area contributed by atoms with Crippen molar-refractivity contribution in [3.8, 4) is 5.75 Å². The van der Waals surface area contributed by atoms with Crippen LogP contribution in [0.3, 0.4) is 0 Å². The van der Waals surface area contributed by atoms with Crippen molar-refractivity contribution in [2.75, 3.05) is 13.2 Å². The Labute approximate surface area is 119 Å². The Bertz CT molecular complexity index is 379. The van der Waals surface area contributed by atoms with Crippen LogP contribution in [-0.4, -0.2) is 13.2 Å². The minimum atomic E-state index is 0.601. The van der Waals surface area contributed by atoms with E-state index in [1.165, 1.54) is 24.0 Å². The van der Waals surface area contributed by atoms with E-state index in [9.17, 15) is 0 Å². The maximum absolute atomic E-state index is 6.01. The van der Waals surface area contributed by atoms with Crippen LogP contribution in [0.15, 0.2) is 16.6 Å². The molecule has 0 spiro atoms. The first-order valence-electron chi connectivity index (χ1n) is 6.70. The van der Waals surface area contributed by atoms with Gasteiger partial charge >= 0.3 is 0 Å². The summed E-state index contributed by atoms with van der Waals surface area (Å²) in [5.41, 5.74) is 8.04. The molecule has 102 valence electrons. The van der Waals surface area contributed by atoms with E-state index >= 15 is 0 Å². The molecule has 1 unspecified atom stereocenters. The van der Waals surface area contributed by atoms with E-state index in [0.29, 0.717) is 12.5 Å². The van der Waals surface area contributed by atoms with Gasteiger partial charge in [0.2, 0.25) is 0 Å². The van der Waals surface area contributed by atoms with Gasteiger partial charge in [-0.3, -0.25) is 0 Å². The fourth-order valence-corrected chi connectivity index (χ4v) is 2.77. The van der Waals surface area contributed by atoms with Gasteiger partial charge < -0.3 is 10.5 Å². The highest BCUT2D eigenvalue weighted by molar-refractivity contribution is 9.10. The van der Waals surface area contributed by atoms with Crippen LogP contribution in [0.2, 0.25) is 0 Å². The van der Waals surface area contributed by atoms with Crippen molar-refractivity contribution < 1.29 is 4.74 Å². The fourth-order valence-electron chi connectivity index (χ4n) is 2.15. The van der Waals surface area contributed by atoms with Gasteiger partial charge in [0, 0.05) is 4.47 Å². The summed E-state index contributed by atoms with van der Waals surface area (Å²) < 4.78 is 7.11. The fraction of sp³-hybridized carbons (Fsp3) is 0.600. The van der Waals surface area contributed by atoms with Crippen molar-refractivity contribution in [2.45, 2.75) is 40.0 Å². The second-order valence-corrected chi connectivity index (χ2v) is 5.87. The minimum absolute atomic E-state index is 0.601. The first kappa shape index (κ1) is 15.5. The molecule has 1 rings (SSSR count). The van der Waals surface area contributed by atoms with Gasteiger partial charge in [-0.15, -0.1) is 0 Å². The summed E-state index contributed by atoms with van der Waals surface area (Å²) >= 11 is 3.53. The highest BCUT2D eigenvalue weighted by atomic mass is 79.9. The lowest BCUT2D eigenvalue weighted by molar-refractivity contribution is 0.248. The maximum Gasteiger partial charge on any atom is 0.125 e. The topological polar surface area (TPSA) is 35.2 Å². The van der Waals surface area contributed by atoms with Crippen molar-refractivity contribution in [3.05, 3.63) is 27.7 Å². The van der Waals surface area contributed by atoms with Gasteiger partial charge in [0.05, 0.1) is 6.61 Å². The zero-order valence-corrected chi connectivity index (χ0v) is 13.2. The monoisotopic (exact) mass is 313 g/mol. The molecule has 0 aliphatic carbocycles. The Hall–Kier alpha value is -0.540. The quantitative estimate of drug-likeness (QED) is 0.823. The van der Waals surface area contributed by atoms with E-state index < -0.39 is 0 Å². The lowest BCUT2D eigenvalue weighted by atomic mass is 10.1. The number of aryl methyl sites for hydroxylation is 1. The second-order valence-electron chi connectivity index (χ2n) is 4.95. The van der Waals surface area contributed by atoms with Gasteiger partial charge in [0.25, 0.3) is 0 Å². The molecule has 2 N–H and O–H groups in total. The first-order valence-corrected chi connectivity index (χ1v) is 7.49. The number of nitrogens with two attached hydrogens (primary N) is 1. The highest BCUT2D eigenvalue weighted by Crippen LogP contribution is 2.29. The number of ether oxygens (including phenoxy) is 1. The largest absolute Gasteiger partial charge is 0.493 e. The standard InChI is InChI=1S/C15H24BrNO/c1-4-5-11(2)10-18-15-12(3)8-14(16)9-13(15)6-7-17/h8-9,11H,4-7,10,17H2,1-3H3. The molecule has 2 nitrogen and oxygen atoms in total. The molecule has 0 fully saturated rings. The van der Waals surface area contributed by atoms with Gasteiger partial charge in [-0.25, -0.2) is 0 Å². The lowest BCUT2D eigenvalue weighted by Gasteiger charge is -2.17. The summed E-state index contributed by atoms with van der Waals surface area (Å²) in [7, 11) is 0. The molecule has 0 saturated heterocycles. The third kappa shape index (κ3) is 4.62. The van der Waals surface area contributed by atoms with E-state index in [1.807, 2.05) is 0 Å².